The molecule has 3 aromatic carbocycles. The van der Waals surface area contributed by atoms with Gasteiger partial charge in [-0.1, -0.05) is 64.0 Å². The number of rotatable bonds is 14. The fourth-order valence-electron chi connectivity index (χ4n) is 3.50. The second kappa shape index (κ2) is 15.1. The summed E-state index contributed by atoms with van der Waals surface area (Å²) in [5, 5.41) is 8.45. The minimum Gasteiger partial charge on any atom is -0.494 e. The van der Waals surface area contributed by atoms with E-state index in [4.69, 9.17) is 9.47 Å². The van der Waals surface area contributed by atoms with Crippen LogP contribution in [0.2, 0.25) is 0 Å². The number of carbonyl (C=O) groups is 1. The highest BCUT2D eigenvalue weighted by Gasteiger charge is 2.09. The zero-order valence-corrected chi connectivity index (χ0v) is 21.9. The van der Waals surface area contributed by atoms with Crippen LogP contribution in [0.1, 0.15) is 68.6 Å². The average Bonchev–Trinajstić information content (AvgIpc) is 2.88. The van der Waals surface area contributed by atoms with Crippen LogP contribution in [0.25, 0.3) is 0 Å². The highest BCUT2D eigenvalue weighted by molar-refractivity contribution is 9.10. The molecule has 0 aromatic heterocycles. The van der Waals surface area contributed by atoms with Gasteiger partial charge in [-0.15, -0.1) is 5.11 Å². The van der Waals surface area contributed by atoms with Crippen LogP contribution in [0.15, 0.2) is 87.5 Å². The van der Waals surface area contributed by atoms with Crippen molar-refractivity contribution in [3.8, 4) is 11.5 Å². The van der Waals surface area contributed by atoms with E-state index in [9.17, 15) is 4.79 Å². The largest absolute Gasteiger partial charge is 0.494 e. The molecule has 0 aliphatic heterocycles. The van der Waals surface area contributed by atoms with E-state index in [0.717, 1.165) is 22.3 Å². The van der Waals surface area contributed by atoms with Crippen molar-refractivity contribution in [1.82, 2.24) is 0 Å². The second-order valence-corrected chi connectivity index (χ2v) is 9.24. The minimum absolute atomic E-state index is 0.415. The molecule has 0 saturated heterocycles. The van der Waals surface area contributed by atoms with Gasteiger partial charge in [-0.25, -0.2) is 4.79 Å². The number of unbranched alkanes of at least 4 members (excludes halogenated alkanes) is 7. The average molecular weight is 537 g/mol. The Hall–Kier alpha value is -2.99. The number of carbonyl (C=O) groups excluding carboxylic acids is 1. The molecule has 3 aromatic rings. The van der Waals surface area contributed by atoms with Crippen molar-refractivity contribution >= 4 is 33.3 Å². The summed E-state index contributed by atoms with van der Waals surface area (Å²) in [5.74, 6) is 0.802. The summed E-state index contributed by atoms with van der Waals surface area (Å²) in [5.41, 5.74) is 1.88. The Kier molecular flexibility index (Phi) is 11.5. The molecule has 3 rings (SSSR count). The Morgan fingerprint density at radius 1 is 0.743 bits per heavy atom. The third-order valence-electron chi connectivity index (χ3n) is 5.53. The predicted molar refractivity (Wildman–Crippen MR) is 144 cm³/mol. The molecular formula is C29H33BrN2O3. The maximum absolute atomic E-state index is 12.5. The number of ether oxygens (including phenoxy) is 2. The van der Waals surface area contributed by atoms with Crippen molar-refractivity contribution in [1.29, 1.82) is 0 Å². The third kappa shape index (κ3) is 9.65. The Bertz CT molecular complexity index is 1070. The van der Waals surface area contributed by atoms with Gasteiger partial charge in [0, 0.05) is 4.47 Å². The van der Waals surface area contributed by atoms with Crippen LogP contribution in [0.4, 0.5) is 11.4 Å². The summed E-state index contributed by atoms with van der Waals surface area (Å²) in [6.07, 6.45) is 10.2. The number of esters is 1. The van der Waals surface area contributed by atoms with E-state index in [0.29, 0.717) is 23.6 Å². The Labute approximate surface area is 216 Å². The monoisotopic (exact) mass is 536 g/mol. The lowest BCUT2D eigenvalue weighted by Crippen LogP contribution is -2.08. The van der Waals surface area contributed by atoms with E-state index in [2.05, 4.69) is 33.1 Å². The SMILES string of the molecule is CCCCCCCCCCOc1ccc(C(=O)Oc2ccc(N=Nc3ccccc3Br)cc2)cc1. The number of halogens is 1. The summed E-state index contributed by atoms with van der Waals surface area (Å²) in [6.45, 7) is 2.94. The lowest BCUT2D eigenvalue weighted by molar-refractivity contribution is 0.0734. The molecule has 0 amide bonds. The Morgan fingerprint density at radius 3 is 2.06 bits per heavy atom. The van der Waals surface area contributed by atoms with Crippen molar-refractivity contribution < 1.29 is 14.3 Å². The maximum atomic E-state index is 12.5. The molecular weight excluding hydrogens is 504 g/mol. The summed E-state index contributed by atoms with van der Waals surface area (Å²) in [6, 6.07) is 21.6. The second-order valence-electron chi connectivity index (χ2n) is 8.38. The smallest absolute Gasteiger partial charge is 0.343 e. The predicted octanol–water partition coefficient (Wildman–Crippen LogP) is 9.60. The van der Waals surface area contributed by atoms with E-state index < -0.39 is 5.97 Å². The summed E-state index contributed by atoms with van der Waals surface area (Å²) in [4.78, 5) is 12.5. The van der Waals surface area contributed by atoms with Gasteiger partial charge < -0.3 is 9.47 Å². The Morgan fingerprint density at radius 2 is 1.37 bits per heavy atom. The van der Waals surface area contributed by atoms with Crippen LogP contribution in [0, 0.1) is 0 Å². The topological polar surface area (TPSA) is 60.2 Å². The van der Waals surface area contributed by atoms with Crippen molar-refractivity contribution in [2.45, 2.75) is 58.3 Å². The molecule has 184 valence electrons. The van der Waals surface area contributed by atoms with Gasteiger partial charge in [-0.05, 0) is 83.0 Å². The summed E-state index contributed by atoms with van der Waals surface area (Å²) >= 11 is 3.45. The zero-order valence-electron chi connectivity index (χ0n) is 20.3. The van der Waals surface area contributed by atoms with Crippen LogP contribution in [0.3, 0.4) is 0 Å². The first-order valence-corrected chi connectivity index (χ1v) is 13.2. The van der Waals surface area contributed by atoms with Gasteiger partial charge >= 0.3 is 5.97 Å². The van der Waals surface area contributed by atoms with Gasteiger partial charge in [0.05, 0.1) is 23.5 Å². The van der Waals surface area contributed by atoms with Crippen molar-refractivity contribution in [2.24, 2.45) is 10.2 Å². The molecule has 0 heterocycles. The van der Waals surface area contributed by atoms with Crippen molar-refractivity contribution in [2.75, 3.05) is 6.61 Å². The van der Waals surface area contributed by atoms with Gasteiger partial charge in [0.15, 0.2) is 0 Å². The highest BCUT2D eigenvalue weighted by Crippen LogP contribution is 2.27. The molecule has 5 nitrogen and oxygen atoms in total. The molecule has 0 spiro atoms. The molecule has 0 fully saturated rings. The molecule has 6 heteroatoms. The maximum Gasteiger partial charge on any atom is 0.343 e. The molecule has 0 N–H and O–H groups in total. The van der Waals surface area contributed by atoms with Crippen LogP contribution in [-0.4, -0.2) is 12.6 Å². The van der Waals surface area contributed by atoms with Gasteiger partial charge in [0.1, 0.15) is 11.5 Å². The van der Waals surface area contributed by atoms with Gasteiger partial charge in [0.25, 0.3) is 0 Å². The molecule has 0 unspecified atom stereocenters. The van der Waals surface area contributed by atoms with Crippen LogP contribution >= 0.6 is 15.9 Å². The lowest BCUT2D eigenvalue weighted by atomic mass is 10.1. The first kappa shape index (κ1) is 26.6. The quantitative estimate of drug-likeness (QED) is 0.0890. The molecule has 0 atom stereocenters. The standard InChI is InChI=1S/C29H33BrN2O3/c1-2-3-4-5-6-7-8-11-22-34-25-18-14-23(15-19-25)29(33)35-26-20-16-24(17-21-26)31-32-28-13-10-9-12-27(28)30/h9-10,12-21H,2-8,11,22H2,1H3. The summed E-state index contributed by atoms with van der Waals surface area (Å²) in [7, 11) is 0. The third-order valence-corrected chi connectivity index (χ3v) is 6.20. The van der Waals surface area contributed by atoms with Gasteiger partial charge in [-0.2, -0.15) is 5.11 Å². The minimum atomic E-state index is -0.415. The first-order valence-electron chi connectivity index (χ1n) is 12.4. The molecule has 0 bridgehead atoms. The van der Waals surface area contributed by atoms with E-state index in [1.54, 1.807) is 36.4 Å². The highest BCUT2D eigenvalue weighted by atomic mass is 79.9. The molecule has 0 radical (unpaired) electrons. The number of hydrogen-bond acceptors (Lipinski definition) is 5. The van der Waals surface area contributed by atoms with Crippen molar-refractivity contribution in [3.05, 3.63) is 82.8 Å². The lowest BCUT2D eigenvalue weighted by Gasteiger charge is -2.08. The van der Waals surface area contributed by atoms with Crippen LogP contribution < -0.4 is 9.47 Å². The molecule has 35 heavy (non-hydrogen) atoms. The molecule has 0 saturated carbocycles. The van der Waals surface area contributed by atoms with Crippen LogP contribution in [-0.2, 0) is 0 Å². The van der Waals surface area contributed by atoms with E-state index in [-0.39, 0.29) is 0 Å². The van der Waals surface area contributed by atoms with E-state index in [1.807, 2.05) is 36.4 Å². The number of nitrogens with zero attached hydrogens (tertiary/aromatic N) is 2. The van der Waals surface area contributed by atoms with E-state index >= 15 is 0 Å². The van der Waals surface area contributed by atoms with Crippen molar-refractivity contribution in [3.63, 3.8) is 0 Å². The zero-order chi connectivity index (χ0) is 24.7. The first-order chi connectivity index (χ1) is 17.2. The van der Waals surface area contributed by atoms with Gasteiger partial charge in [-0.3, -0.25) is 0 Å². The number of benzene rings is 3. The fraction of sp³-hybridized carbons (Fsp3) is 0.345. The molecule has 0 aliphatic carbocycles. The Balaban J connectivity index is 1.39. The normalized spacial score (nSPS) is 11.0. The van der Waals surface area contributed by atoms with Crippen LogP contribution in [0.5, 0.6) is 11.5 Å². The number of hydrogen-bond donors (Lipinski definition) is 0. The van der Waals surface area contributed by atoms with E-state index in [1.165, 1.54) is 44.9 Å². The fourth-order valence-corrected chi connectivity index (χ4v) is 3.87. The molecule has 0 aliphatic rings. The number of azo groups is 1. The van der Waals surface area contributed by atoms with Gasteiger partial charge in [0.2, 0.25) is 0 Å². The summed E-state index contributed by atoms with van der Waals surface area (Å²) < 4.78 is 12.2.